The SMILES string of the molecule is N#Cc1cnc2c(Cl)cccc2c1N1CCC(S(N)(=O)=O)C1. The van der Waals surface area contributed by atoms with Gasteiger partial charge in [-0.2, -0.15) is 5.26 Å². The first-order valence-electron chi connectivity index (χ1n) is 6.65. The highest BCUT2D eigenvalue weighted by atomic mass is 35.5. The lowest BCUT2D eigenvalue weighted by atomic mass is 10.1. The summed E-state index contributed by atoms with van der Waals surface area (Å²) in [5.74, 6) is 0. The van der Waals surface area contributed by atoms with Crippen molar-refractivity contribution >= 4 is 38.2 Å². The first-order chi connectivity index (χ1) is 10.4. The fourth-order valence-corrected chi connectivity index (χ4v) is 3.84. The third-order valence-electron chi connectivity index (χ3n) is 3.87. The Kier molecular flexibility index (Phi) is 3.68. The third kappa shape index (κ3) is 2.50. The fourth-order valence-electron chi connectivity index (χ4n) is 2.79. The van der Waals surface area contributed by atoms with Crippen LogP contribution in [-0.4, -0.2) is 31.7 Å². The van der Waals surface area contributed by atoms with Gasteiger partial charge in [0.25, 0.3) is 0 Å². The normalized spacial score (nSPS) is 18.6. The van der Waals surface area contributed by atoms with Crippen LogP contribution in [0.4, 0.5) is 5.69 Å². The van der Waals surface area contributed by atoms with Gasteiger partial charge in [0, 0.05) is 24.7 Å². The monoisotopic (exact) mass is 336 g/mol. The van der Waals surface area contributed by atoms with Crippen LogP contribution in [0.2, 0.25) is 5.02 Å². The minimum atomic E-state index is -3.59. The van der Waals surface area contributed by atoms with Gasteiger partial charge in [-0.25, -0.2) is 13.6 Å². The summed E-state index contributed by atoms with van der Waals surface area (Å²) in [6.07, 6.45) is 1.90. The number of benzene rings is 1. The predicted molar refractivity (Wildman–Crippen MR) is 85.2 cm³/mol. The number of aromatic nitrogens is 1. The Hall–Kier alpha value is -1.88. The molecular formula is C14H13ClN4O2S. The minimum Gasteiger partial charge on any atom is -0.368 e. The molecule has 1 saturated heterocycles. The quantitative estimate of drug-likeness (QED) is 0.898. The highest BCUT2D eigenvalue weighted by Crippen LogP contribution is 2.35. The van der Waals surface area contributed by atoms with Crippen LogP contribution in [0.3, 0.4) is 0 Å². The summed E-state index contributed by atoms with van der Waals surface area (Å²) in [6, 6.07) is 7.45. The molecule has 0 bridgehead atoms. The number of para-hydroxylation sites is 1. The summed E-state index contributed by atoms with van der Waals surface area (Å²) in [6.45, 7) is 0.778. The van der Waals surface area contributed by atoms with Crippen LogP contribution in [0.25, 0.3) is 10.9 Å². The summed E-state index contributed by atoms with van der Waals surface area (Å²) in [5, 5.41) is 15.2. The van der Waals surface area contributed by atoms with E-state index < -0.39 is 15.3 Å². The second kappa shape index (κ2) is 5.39. The lowest BCUT2D eigenvalue weighted by Crippen LogP contribution is -2.32. The number of fused-ring (bicyclic) bond motifs is 1. The van der Waals surface area contributed by atoms with Gasteiger partial charge in [-0.15, -0.1) is 0 Å². The van der Waals surface area contributed by atoms with Crippen LogP contribution < -0.4 is 10.0 Å². The average Bonchev–Trinajstić information content (AvgIpc) is 2.96. The molecule has 1 aliphatic heterocycles. The van der Waals surface area contributed by atoms with Crippen LogP contribution in [0, 0.1) is 11.3 Å². The van der Waals surface area contributed by atoms with Crippen molar-refractivity contribution < 1.29 is 8.42 Å². The van der Waals surface area contributed by atoms with Crippen molar-refractivity contribution in [1.29, 1.82) is 5.26 Å². The number of primary sulfonamides is 1. The Labute approximate surface area is 133 Å². The molecule has 114 valence electrons. The maximum atomic E-state index is 11.5. The van der Waals surface area contributed by atoms with Crippen molar-refractivity contribution in [3.05, 3.63) is 35.0 Å². The molecule has 1 unspecified atom stereocenters. The maximum Gasteiger partial charge on any atom is 0.213 e. The molecule has 0 amide bonds. The van der Waals surface area contributed by atoms with Crippen molar-refractivity contribution in [3.8, 4) is 6.07 Å². The van der Waals surface area contributed by atoms with Crippen LogP contribution >= 0.6 is 11.6 Å². The zero-order chi connectivity index (χ0) is 15.9. The van der Waals surface area contributed by atoms with Crippen molar-refractivity contribution in [2.24, 2.45) is 5.14 Å². The number of nitrogens with two attached hydrogens (primary N) is 1. The van der Waals surface area contributed by atoms with Crippen molar-refractivity contribution in [2.75, 3.05) is 18.0 Å². The minimum absolute atomic E-state index is 0.263. The van der Waals surface area contributed by atoms with Gasteiger partial charge in [-0.05, 0) is 12.5 Å². The first kappa shape index (κ1) is 15.0. The van der Waals surface area contributed by atoms with Gasteiger partial charge in [0.05, 0.1) is 27.0 Å². The second-order valence-electron chi connectivity index (χ2n) is 5.21. The molecule has 0 saturated carbocycles. The summed E-state index contributed by atoms with van der Waals surface area (Å²) >= 11 is 6.15. The molecule has 8 heteroatoms. The van der Waals surface area contributed by atoms with E-state index in [2.05, 4.69) is 11.1 Å². The molecule has 3 rings (SSSR count). The largest absolute Gasteiger partial charge is 0.368 e. The van der Waals surface area contributed by atoms with Gasteiger partial charge >= 0.3 is 0 Å². The number of anilines is 1. The van der Waals surface area contributed by atoms with E-state index >= 15 is 0 Å². The van der Waals surface area contributed by atoms with E-state index in [1.807, 2.05) is 11.0 Å². The molecule has 2 aromatic rings. The average molecular weight is 337 g/mol. The van der Waals surface area contributed by atoms with E-state index in [1.54, 1.807) is 12.1 Å². The predicted octanol–water partition coefficient (Wildman–Crippen LogP) is 1.63. The molecular weight excluding hydrogens is 324 g/mol. The van der Waals surface area contributed by atoms with Crippen molar-refractivity contribution in [2.45, 2.75) is 11.7 Å². The Morgan fingerprint density at radius 1 is 1.45 bits per heavy atom. The van der Waals surface area contributed by atoms with E-state index in [1.165, 1.54) is 6.20 Å². The Morgan fingerprint density at radius 2 is 2.23 bits per heavy atom. The molecule has 1 fully saturated rings. The summed E-state index contributed by atoms with van der Waals surface area (Å²) in [5.41, 5.74) is 1.66. The highest BCUT2D eigenvalue weighted by Gasteiger charge is 2.32. The zero-order valence-electron chi connectivity index (χ0n) is 11.5. The van der Waals surface area contributed by atoms with Crippen molar-refractivity contribution in [1.82, 2.24) is 4.98 Å². The van der Waals surface area contributed by atoms with Gasteiger partial charge in [0.15, 0.2) is 0 Å². The standard InChI is InChI=1S/C14H13ClN4O2S/c15-12-3-1-2-11-13(12)18-7-9(6-16)14(11)19-5-4-10(8-19)22(17,20)21/h1-3,7,10H,4-5,8H2,(H2,17,20,21). The molecule has 22 heavy (non-hydrogen) atoms. The molecule has 1 aromatic carbocycles. The molecule has 1 atom stereocenters. The second-order valence-corrected chi connectivity index (χ2v) is 7.47. The van der Waals surface area contributed by atoms with Crippen LogP contribution in [0.5, 0.6) is 0 Å². The van der Waals surface area contributed by atoms with Crippen LogP contribution in [0.15, 0.2) is 24.4 Å². The Morgan fingerprint density at radius 3 is 2.86 bits per heavy atom. The number of hydrogen-bond donors (Lipinski definition) is 1. The van der Waals surface area contributed by atoms with Gasteiger partial charge in [0.2, 0.25) is 10.0 Å². The lowest BCUT2D eigenvalue weighted by molar-refractivity contribution is 0.585. The van der Waals surface area contributed by atoms with E-state index in [9.17, 15) is 13.7 Å². The first-order valence-corrected chi connectivity index (χ1v) is 8.64. The van der Waals surface area contributed by atoms with E-state index in [0.29, 0.717) is 34.8 Å². The van der Waals surface area contributed by atoms with Gasteiger partial charge in [-0.1, -0.05) is 23.7 Å². The smallest absolute Gasteiger partial charge is 0.213 e. The Bertz CT molecular complexity index is 892. The van der Waals surface area contributed by atoms with Crippen LogP contribution in [-0.2, 0) is 10.0 Å². The molecule has 0 aliphatic carbocycles. The summed E-state index contributed by atoms with van der Waals surface area (Å²) in [4.78, 5) is 6.10. The number of pyridine rings is 1. The molecule has 1 aliphatic rings. The fraction of sp³-hybridized carbons (Fsp3) is 0.286. The van der Waals surface area contributed by atoms with E-state index in [0.717, 1.165) is 5.39 Å². The molecule has 0 radical (unpaired) electrons. The summed E-state index contributed by atoms with van der Waals surface area (Å²) in [7, 11) is -3.59. The zero-order valence-corrected chi connectivity index (χ0v) is 13.1. The summed E-state index contributed by atoms with van der Waals surface area (Å²) < 4.78 is 23.1. The highest BCUT2D eigenvalue weighted by molar-refractivity contribution is 7.89. The van der Waals surface area contributed by atoms with Gasteiger partial charge < -0.3 is 4.90 Å². The number of nitriles is 1. The number of halogens is 1. The van der Waals surface area contributed by atoms with Crippen LogP contribution in [0.1, 0.15) is 12.0 Å². The van der Waals surface area contributed by atoms with Gasteiger partial charge in [-0.3, -0.25) is 4.98 Å². The number of nitrogens with zero attached hydrogens (tertiary/aromatic N) is 3. The molecule has 2 heterocycles. The topological polar surface area (TPSA) is 100 Å². The molecule has 0 spiro atoms. The third-order valence-corrected chi connectivity index (χ3v) is 5.49. The number of hydrogen-bond acceptors (Lipinski definition) is 5. The number of rotatable bonds is 2. The molecule has 1 aromatic heterocycles. The van der Waals surface area contributed by atoms with E-state index in [4.69, 9.17) is 16.7 Å². The molecule has 6 nitrogen and oxygen atoms in total. The lowest BCUT2D eigenvalue weighted by Gasteiger charge is -2.21. The van der Waals surface area contributed by atoms with Gasteiger partial charge in [0.1, 0.15) is 6.07 Å². The Balaban J connectivity index is 2.15. The van der Waals surface area contributed by atoms with E-state index in [-0.39, 0.29) is 6.54 Å². The van der Waals surface area contributed by atoms with Crippen molar-refractivity contribution in [3.63, 3.8) is 0 Å². The molecule has 2 N–H and O–H groups in total. The maximum absolute atomic E-state index is 11.5. The number of sulfonamides is 1.